The van der Waals surface area contributed by atoms with E-state index in [1.165, 1.54) is 11.3 Å². The predicted molar refractivity (Wildman–Crippen MR) is 94.0 cm³/mol. The van der Waals surface area contributed by atoms with Gasteiger partial charge in [0.05, 0.1) is 18.4 Å². The summed E-state index contributed by atoms with van der Waals surface area (Å²) in [5, 5.41) is 1.45. The molecule has 128 valence electrons. The lowest BCUT2D eigenvalue weighted by molar-refractivity contribution is -0.0122. The number of ether oxygens (including phenoxy) is 2. The molecule has 1 aliphatic heterocycles. The largest absolute Gasteiger partial charge is 0.486 e. The molecule has 1 saturated heterocycles. The van der Waals surface area contributed by atoms with Crippen LogP contribution < -0.4 is 4.74 Å². The Morgan fingerprint density at radius 1 is 1.46 bits per heavy atom. The van der Waals surface area contributed by atoms with Gasteiger partial charge in [-0.25, -0.2) is 4.98 Å². The van der Waals surface area contributed by atoms with Crippen LogP contribution in [0.5, 0.6) is 5.75 Å². The number of nitrogens with zero attached hydrogens (tertiary/aromatic N) is 2. The topological polar surface area (TPSA) is 51.7 Å². The first-order valence-corrected chi connectivity index (χ1v) is 8.98. The molecule has 0 spiro atoms. The van der Waals surface area contributed by atoms with Crippen LogP contribution in [0.25, 0.3) is 0 Å². The lowest BCUT2D eigenvalue weighted by Crippen LogP contribution is -2.44. The van der Waals surface area contributed by atoms with Crippen molar-refractivity contribution in [2.45, 2.75) is 26.6 Å². The summed E-state index contributed by atoms with van der Waals surface area (Å²) in [6, 6.07) is 7.17. The highest BCUT2D eigenvalue weighted by Crippen LogP contribution is 2.23. The Labute approximate surface area is 150 Å². The summed E-state index contributed by atoms with van der Waals surface area (Å²) in [5.74, 6) is 0.750. The first-order chi connectivity index (χ1) is 11.5. The fourth-order valence-corrected chi connectivity index (χ4v) is 3.61. The second-order valence-electron chi connectivity index (χ2n) is 5.70. The quantitative estimate of drug-likeness (QED) is 0.830. The second kappa shape index (κ2) is 7.51. The van der Waals surface area contributed by atoms with E-state index >= 15 is 0 Å². The highest BCUT2D eigenvalue weighted by Gasteiger charge is 2.25. The molecular weight excluding hydrogens is 348 g/mol. The minimum absolute atomic E-state index is 0.0258. The molecule has 1 amide bonds. The minimum atomic E-state index is 0.0258. The molecular formula is C17H19ClN2O3S. The minimum Gasteiger partial charge on any atom is -0.486 e. The van der Waals surface area contributed by atoms with Gasteiger partial charge in [0.2, 0.25) is 0 Å². The van der Waals surface area contributed by atoms with Gasteiger partial charge in [-0.05, 0) is 38.1 Å². The Balaban J connectivity index is 1.66. The number of amides is 1. The number of rotatable bonds is 4. The molecule has 3 rings (SSSR count). The van der Waals surface area contributed by atoms with Gasteiger partial charge in [-0.3, -0.25) is 4.79 Å². The number of aryl methyl sites for hydroxylation is 1. The molecule has 0 N–H and O–H groups in total. The Morgan fingerprint density at radius 2 is 2.21 bits per heavy atom. The van der Waals surface area contributed by atoms with Crippen LogP contribution >= 0.6 is 22.9 Å². The highest BCUT2D eigenvalue weighted by molar-refractivity contribution is 7.13. The summed E-state index contributed by atoms with van der Waals surface area (Å²) in [6.45, 7) is 5.99. The molecule has 0 saturated carbocycles. The summed E-state index contributed by atoms with van der Waals surface area (Å²) in [7, 11) is 0. The maximum atomic E-state index is 12.7. The number of carbonyl (C=O) groups is 1. The van der Waals surface area contributed by atoms with E-state index in [-0.39, 0.29) is 12.0 Å². The smallest absolute Gasteiger partial charge is 0.266 e. The zero-order valence-electron chi connectivity index (χ0n) is 13.6. The molecule has 7 heteroatoms. The SMILES string of the molecule is Cc1nc(COc2ccc(Cl)cc2)sc1C(=O)N1CCOC(C)C1. The van der Waals surface area contributed by atoms with E-state index in [4.69, 9.17) is 21.1 Å². The molecule has 1 aromatic heterocycles. The van der Waals surface area contributed by atoms with E-state index < -0.39 is 0 Å². The van der Waals surface area contributed by atoms with Crippen molar-refractivity contribution >= 4 is 28.8 Å². The van der Waals surface area contributed by atoms with Crippen molar-refractivity contribution in [3.05, 3.63) is 44.9 Å². The number of thiazole rings is 1. The fourth-order valence-electron chi connectivity index (χ4n) is 2.53. The van der Waals surface area contributed by atoms with Gasteiger partial charge < -0.3 is 14.4 Å². The van der Waals surface area contributed by atoms with Gasteiger partial charge in [-0.2, -0.15) is 0 Å². The second-order valence-corrected chi connectivity index (χ2v) is 7.22. The number of hydrogen-bond acceptors (Lipinski definition) is 5. The Kier molecular flexibility index (Phi) is 5.38. The monoisotopic (exact) mass is 366 g/mol. The number of aromatic nitrogens is 1. The van der Waals surface area contributed by atoms with Crippen LogP contribution in [0, 0.1) is 6.92 Å². The van der Waals surface area contributed by atoms with Crippen molar-refractivity contribution in [1.29, 1.82) is 0 Å². The molecule has 1 aromatic carbocycles. The van der Waals surface area contributed by atoms with Crippen LogP contribution in [0.3, 0.4) is 0 Å². The van der Waals surface area contributed by atoms with Crippen LogP contribution in [-0.2, 0) is 11.3 Å². The molecule has 0 radical (unpaired) electrons. The molecule has 1 unspecified atom stereocenters. The van der Waals surface area contributed by atoms with Gasteiger partial charge in [0.1, 0.15) is 22.2 Å². The molecule has 1 aliphatic rings. The third-order valence-electron chi connectivity index (χ3n) is 3.74. The molecule has 0 bridgehead atoms. The average Bonchev–Trinajstić information content (AvgIpc) is 2.94. The number of hydrogen-bond donors (Lipinski definition) is 0. The van der Waals surface area contributed by atoms with Crippen LogP contribution in [0.1, 0.15) is 27.3 Å². The molecule has 2 aromatic rings. The summed E-state index contributed by atoms with van der Waals surface area (Å²) in [4.78, 5) is 19.7. The van der Waals surface area contributed by atoms with Crippen molar-refractivity contribution in [1.82, 2.24) is 9.88 Å². The Hall–Kier alpha value is -1.63. The van der Waals surface area contributed by atoms with Crippen molar-refractivity contribution in [3.63, 3.8) is 0 Å². The first kappa shape index (κ1) is 17.2. The van der Waals surface area contributed by atoms with Gasteiger partial charge in [-0.15, -0.1) is 11.3 Å². The van der Waals surface area contributed by atoms with E-state index in [0.29, 0.717) is 36.2 Å². The van der Waals surface area contributed by atoms with E-state index in [2.05, 4.69) is 4.98 Å². The summed E-state index contributed by atoms with van der Waals surface area (Å²) in [5.41, 5.74) is 0.749. The Bertz CT molecular complexity index is 717. The maximum Gasteiger partial charge on any atom is 0.266 e. The van der Waals surface area contributed by atoms with Crippen LogP contribution in [0.4, 0.5) is 0 Å². The number of benzene rings is 1. The average molecular weight is 367 g/mol. The zero-order valence-corrected chi connectivity index (χ0v) is 15.2. The van der Waals surface area contributed by atoms with Gasteiger partial charge in [0.15, 0.2) is 0 Å². The molecule has 2 heterocycles. The third-order valence-corrected chi connectivity index (χ3v) is 5.11. The van der Waals surface area contributed by atoms with Gasteiger partial charge in [-0.1, -0.05) is 11.6 Å². The number of carbonyl (C=O) groups excluding carboxylic acids is 1. The van der Waals surface area contributed by atoms with Crippen molar-refractivity contribution in [2.75, 3.05) is 19.7 Å². The van der Waals surface area contributed by atoms with Crippen LogP contribution in [-0.4, -0.2) is 41.6 Å². The maximum absolute atomic E-state index is 12.7. The molecule has 24 heavy (non-hydrogen) atoms. The van der Waals surface area contributed by atoms with E-state index in [0.717, 1.165) is 16.5 Å². The molecule has 1 fully saturated rings. The van der Waals surface area contributed by atoms with Gasteiger partial charge in [0.25, 0.3) is 5.91 Å². The third kappa shape index (κ3) is 4.06. The summed E-state index contributed by atoms with van der Waals surface area (Å²) in [6.07, 6.45) is 0.0728. The molecule has 0 aliphatic carbocycles. The van der Waals surface area contributed by atoms with E-state index in [9.17, 15) is 4.79 Å². The van der Waals surface area contributed by atoms with Crippen molar-refractivity contribution in [3.8, 4) is 5.75 Å². The van der Waals surface area contributed by atoms with Gasteiger partial charge >= 0.3 is 0 Å². The number of morpholine rings is 1. The van der Waals surface area contributed by atoms with E-state index in [1.54, 1.807) is 12.1 Å². The Morgan fingerprint density at radius 3 is 2.92 bits per heavy atom. The van der Waals surface area contributed by atoms with Crippen molar-refractivity contribution in [2.24, 2.45) is 0 Å². The van der Waals surface area contributed by atoms with Crippen molar-refractivity contribution < 1.29 is 14.3 Å². The lowest BCUT2D eigenvalue weighted by Gasteiger charge is -2.30. The lowest BCUT2D eigenvalue weighted by atomic mass is 10.2. The molecule has 5 nitrogen and oxygen atoms in total. The van der Waals surface area contributed by atoms with Crippen LogP contribution in [0.2, 0.25) is 5.02 Å². The first-order valence-electron chi connectivity index (χ1n) is 7.78. The van der Waals surface area contributed by atoms with Gasteiger partial charge in [0, 0.05) is 18.1 Å². The normalized spacial score (nSPS) is 17.8. The fraction of sp³-hybridized carbons (Fsp3) is 0.412. The van der Waals surface area contributed by atoms with Crippen LogP contribution in [0.15, 0.2) is 24.3 Å². The molecule has 1 atom stereocenters. The zero-order chi connectivity index (χ0) is 17.1. The van der Waals surface area contributed by atoms with E-state index in [1.807, 2.05) is 30.9 Å². The standard InChI is InChI=1S/C17H19ClN2O3S/c1-11-9-20(7-8-22-11)17(21)16-12(2)19-15(24-16)10-23-14-5-3-13(18)4-6-14/h3-6,11H,7-10H2,1-2H3. The summed E-state index contributed by atoms with van der Waals surface area (Å²) >= 11 is 7.25. The highest BCUT2D eigenvalue weighted by atomic mass is 35.5. The predicted octanol–water partition coefficient (Wildman–Crippen LogP) is 3.54. The number of halogens is 1. The summed E-state index contributed by atoms with van der Waals surface area (Å²) < 4.78 is 11.2.